The third-order valence-corrected chi connectivity index (χ3v) is 18.6. The van der Waals surface area contributed by atoms with Gasteiger partial charge in [-0.3, -0.25) is 14.2 Å². The van der Waals surface area contributed by atoms with Gasteiger partial charge in [-0.1, -0.05) is 361 Å². The lowest BCUT2D eigenvalue weighted by Gasteiger charge is -2.28. The summed E-state index contributed by atoms with van der Waals surface area (Å²) in [6.07, 6.45) is 104. The fourth-order valence-electron chi connectivity index (χ4n) is 11.5. The first-order chi connectivity index (χ1) is 46.0. The van der Waals surface area contributed by atoms with Crippen molar-refractivity contribution in [2.45, 2.75) is 380 Å². The van der Waals surface area contributed by atoms with Crippen LogP contribution in [-0.4, -0.2) is 70.0 Å². The minimum atomic E-state index is -4.65. The van der Waals surface area contributed by atoms with E-state index in [9.17, 15) is 19.0 Å². The van der Waals surface area contributed by atoms with E-state index in [1.807, 2.05) is 21.1 Å². The summed E-state index contributed by atoms with van der Waals surface area (Å²) in [6, 6.07) is 0. The summed E-state index contributed by atoms with van der Waals surface area (Å²) in [5.74, 6) is -0.819. The monoisotopic (exact) mass is 1330 g/mol. The zero-order valence-electron chi connectivity index (χ0n) is 62.4. The Kier molecular flexibility index (Phi) is 71.7. The maximum atomic E-state index is 12.9. The number of rotatable bonds is 74. The van der Waals surface area contributed by atoms with Gasteiger partial charge in [-0.05, 0) is 96.3 Å². The number of allylic oxidation sites excluding steroid dienone is 16. The quantitative estimate of drug-likeness (QED) is 0.0195. The number of phosphoric acid groups is 1. The Balaban J connectivity index is 3.94. The van der Waals surface area contributed by atoms with Crippen LogP contribution < -0.4 is 4.89 Å². The van der Waals surface area contributed by atoms with Crippen molar-refractivity contribution >= 4 is 19.8 Å². The molecule has 0 aliphatic heterocycles. The van der Waals surface area contributed by atoms with Crippen LogP contribution in [0.15, 0.2) is 97.2 Å². The molecule has 10 heteroatoms. The van der Waals surface area contributed by atoms with Crippen LogP contribution in [0.25, 0.3) is 0 Å². The van der Waals surface area contributed by atoms with Crippen molar-refractivity contribution in [2.75, 3.05) is 47.5 Å². The molecular formula is C84H152NO8P. The van der Waals surface area contributed by atoms with Crippen molar-refractivity contribution in [2.24, 2.45) is 0 Å². The second kappa shape index (κ2) is 74.2. The van der Waals surface area contributed by atoms with Crippen molar-refractivity contribution < 1.29 is 42.1 Å². The largest absolute Gasteiger partial charge is 0.756 e. The van der Waals surface area contributed by atoms with Crippen LogP contribution in [0, 0.1) is 0 Å². The maximum absolute atomic E-state index is 12.9. The van der Waals surface area contributed by atoms with Gasteiger partial charge < -0.3 is 27.9 Å². The Morgan fingerprint density at radius 2 is 0.606 bits per heavy atom. The highest BCUT2D eigenvalue weighted by molar-refractivity contribution is 7.45. The molecule has 0 spiro atoms. The van der Waals surface area contributed by atoms with Crippen molar-refractivity contribution in [3.05, 3.63) is 97.2 Å². The van der Waals surface area contributed by atoms with Crippen LogP contribution in [-0.2, 0) is 32.7 Å². The summed E-state index contributed by atoms with van der Waals surface area (Å²) in [5.41, 5.74) is 0. The van der Waals surface area contributed by atoms with Gasteiger partial charge in [0.15, 0.2) is 6.10 Å². The number of hydrogen-bond acceptors (Lipinski definition) is 8. The first-order valence-electron chi connectivity index (χ1n) is 39.9. The summed E-state index contributed by atoms with van der Waals surface area (Å²) < 4.78 is 34.4. The number of likely N-dealkylation sites (N-methyl/N-ethyl adjacent to an activating group) is 1. The van der Waals surface area contributed by atoms with Crippen LogP contribution in [0.1, 0.15) is 373 Å². The molecule has 2 atom stereocenters. The van der Waals surface area contributed by atoms with Gasteiger partial charge in [-0.15, -0.1) is 0 Å². The average Bonchev–Trinajstić information content (AvgIpc) is 1.56. The highest BCUT2D eigenvalue weighted by Gasteiger charge is 2.22. The van der Waals surface area contributed by atoms with Crippen molar-refractivity contribution in [1.29, 1.82) is 0 Å². The zero-order chi connectivity index (χ0) is 68.3. The number of phosphoric ester groups is 1. The van der Waals surface area contributed by atoms with E-state index >= 15 is 0 Å². The second-order valence-electron chi connectivity index (χ2n) is 28.0. The molecule has 0 radical (unpaired) electrons. The van der Waals surface area contributed by atoms with Gasteiger partial charge >= 0.3 is 11.9 Å². The minimum absolute atomic E-state index is 0.0318. The molecule has 546 valence electrons. The molecule has 9 nitrogen and oxygen atoms in total. The highest BCUT2D eigenvalue weighted by atomic mass is 31.2. The van der Waals surface area contributed by atoms with E-state index in [1.165, 1.54) is 257 Å². The number of hydrogen-bond donors (Lipinski definition) is 0. The van der Waals surface area contributed by atoms with E-state index in [-0.39, 0.29) is 32.0 Å². The summed E-state index contributed by atoms with van der Waals surface area (Å²) in [7, 11) is 1.18. The number of carbonyl (C=O) groups excluding carboxylic acids is 2. The lowest BCUT2D eigenvalue weighted by molar-refractivity contribution is -0.870. The average molecular weight is 1340 g/mol. The Morgan fingerprint density at radius 1 is 0.340 bits per heavy atom. The molecule has 0 aromatic heterocycles. The van der Waals surface area contributed by atoms with Crippen LogP contribution >= 0.6 is 7.82 Å². The predicted octanol–water partition coefficient (Wildman–Crippen LogP) is 26.0. The number of quaternary nitrogens is 1. The van der Waals surface area contributed by atoms with Gasteiger partial charge in [-0.2, -0.15) is 0 Å². The molecule has 0 fully saturated rings. The summed E-state index contributed by atoms with van der Waals surface area (Å²) in [4.78, 5) is 38.2. The number of unbranched alkanes of at least 4 members (excludes halogenated alkanes) is 44. The molecular weight excluding hydrogens is 1180 g/mol. The van der Waals surface area contributed by atoms with E-state index in [4.69, 9.17) is 18.5 Å². The molecule has 0 N–H and O–H groups in total. The minimum Gasteiger partial charge on any atom is -0.756 e. The van der Waals surface area contributed by atoms with Crippen LogP contribution in [0.4, 0.5) is 0 Å². The second-order valence-corrected chi connectivity index (χ2v) is 29.5. The molecule has 0 heterocycles. The summed E-state index contributed by atoms with van der Waals surface area (Å²) in [6.45, 7) is 4.16. The van der Waals surface area contributed by atoms with Gasteiger partial charge in [-0.25, -0.2) is 0 Å². The Morgan fingerprint density at radius 3 is 0.904 bits per heavy atom. The third kappa shape index (κ3) is 77.9. The van der Waals surface area contributed by atoms with Crippen LogP contribution in [0.5, 0.6) is 0 Å². The first kappa shape index (κ1) is 90.9. The topological polar surface area (TPSA) is 111 Å². The molecule has 0 bridgehead atoms. The van der Waals surface area contributed by atoms with Crippen LogP contribution in [0.3, 0.4) is 0 Å². The predicted molar refractivity (Wildman–Crippen MR) is 406 cm³/mol. The molecule has 0 saturated heterocycles. The van der Waals surface area contributed by atoms with E-state index in [2.05, 4.69) is 111 Å². The van der Waals surface area contributed by atoms with Crippen molar-refractivity contribution in [3.63, 3.8) is 0 Å². The van der Waals surface area contributed by atoms with E-state index in [1.54, 1.807) is 0 Å². The molecule has 94 heavy (non-hydrogen) atoms. The fourth-order valence-corrected chi connectivity index (χ4v) is 12.2. The molecule has 0 aliphatic rings. The number of esters is 2. The number of carbonyl (C=O) groups is 2. The SMILES string of the molecule is CC/C=C\C/C=C\C/C=C\C/C=C\C/C=C\C/C=C\CCCCCCCCCCCCCCCCC(=O)OC(COC(=O)CCCCCCCCCCCCCCCCCCCCCCCCCCC/C=C\C/C=C\CCCCCCC)COP(=O)([O-])OCC[N+](C)(C)C. The fraction of sp³-hybridized carbons (Fsp3) is 0.786. The first-order valence-corrected chi connectivity index (χ1v) is 41.4. The molecule has 0 aliphatic carbocycles. The van der Waals surface area contributed by atoms with Gasteiger partial charge in [0.1, 0.15) is 19.8 Å². The smallest absolute Gasteiger partial charge is 0.306 e. The van der Waals surface area contributed by atoms with E-state index in [0.717, 1.165) is 83.5 Å². The number of ether oxygens (including phenoxy) is 2. The maximum Gasteiger partial charge on any atom is 0.306 e. The van der Waals surface area contributed by atoms with Gasteiger partial charge in [0.05, 0.1) is 27.7 Å². The van der Waals surface area contributed by atoms with Gasteiger partial charge in [0.2, 0.25) is 0 Å². The zero-order valence-corrected chi connectivity index (χ0v) is 63.3. The molecule has 0 aromatic carbocycles. The molecule has 0 saturated carbocycles. The Labute approximate surface area is 583 Å². The van der Waals surface area contributed by atoms with E-state index < -0.39 is 26.5 Å². The lowest BCUT2D eigenvalue weighted by Crippen LogP contribution is -2.37. The normalized spacial score (nSPS) is 13.6. The molecule has 0 aromatic rings. The highest BCUT2D eigenvalue weighted by Crippen LogP contribution is 2.38. The third-order valence-electron chi connectivity index (χ3n) is 17.6. The standard InChI is InChI=1S/C84H152NO8P/c1-6-8-10-12-14-16-18-20-22-24-26-28-30-32-34-36-38-40-41-42-43-45-46-48-50-52-54-56-58-60-62-64-66-68-70-72-74-76-83(86)90-80-82(81-92-94(88,89)91-79-78-85(3,4)5)93-84(87)77-75-73-71-69-67-65-63-61-59-57-55-53-51-49-47-44-39-37-35-33-31-29-27-25-23-21-19-17-15-13-11-9-7-2/h9,11,15,17-18,20-21,23-24,26-27,29,33,35,39,44,82H,6-8,10,12-14,16,19,22,25,28,30-32,34,36-38,40-43,45-81H2,1-5H3/b11-9-,17-15-,20-18-,23-21-,26-24-,29-27-,35-33-,44-39-. The van der Waals surface area contributed by atoms with E-state index in [0.29, 0.717) is 17.4 Å². The summed E-state index contributed by atoms with van der Waals surface area (Å²) >= 11 is 0. The Hall–Kier alpha value is -3.07. The molecule has 2 unspecified atom stereocenters. The molecule has 0 rings (SSSR count). The van der Waals surface area contributed by atoms with Gasteiger partial charge in [0, 0.05) is 12.8 Å². The van der Waals surface area contributed by atoms with Crippen molar-refractivity contribution in [1.82, 2.24) is 0 Å². The lowest BCUT2D eigenvalue weighted by atomic mass is 10.0. The molecule has 0 amide bonds. The Bertz CT molecular complexity index is 1910. The van der Waals surface area contributed by atoms with Crippen molar-refractivity contribution in [3.8, 4) is 0 Å². The van der Waals surface area contributed by atoms with Crippen LogP contribution in [0.2, 0.25) is 0 Å². The number of nitrogens with zero attached hydrogens (tertiary/aromatic N) is 1. The van der Waals surface area contributed by atoms with Gasteiger partial charge in [0.25, 0.3) is 7.82 Å². The summed E-state index contributed by atoms with van der Waals surface area (Å²) in [5, 5.41) is 0.